The zero-order valence-corrected chi connectivity index (χ0v) is 13.4. The molecule has 21 heavy (non-hydrogen) atoms. The topological polar surface area (TPSA) is 21.1 Å². The van der Waals surface area contributed by atoms with E-state index in [4.69, 9.17) is 11.6 Å². The molecular formula is C16H21ClFN3. The first-order valence-electron chi connectivity index (χ1n) is 7.59. The van der Waals surface area contributed by atoms with E-state index >= 15 is 0 Å². The van der Waals surface area contributed by atoms with Crippen molar-refractivity contribution in [2.45, 2.75) is 57.5 Å². The van der Waals surface area contributed by atoms with Crippen LogP contribution in [-0.2, 0) is 0 Å². The molecule has 5 heteroatoms. The fourth-order valence-corrected chi connectivity index (χ4v) is 3.50. The molecular weight excluding hydrogens is 289 g/mol. The van der Waals surface area contributed by atoms with Crippen LogP contribution in [0.1, 0.15) is 51.2 Å². The van der Waals surface area contributed by atoms with Crippen LogP contribution in [0.25, 0.3) is 11.0 Å². The third-order valence-corrected chi connectivity index (χ3v) is 4.55. The monoisotopic (exact) mass is 309 g/mol. The number of piperidine rings is 1. The maximum absolute atomic E-state index is 13.7. The van der Waals surface area contributed by atoms with Gasteiger partial charge in [-0.15, -0.1) is 11.6 Å². The maximum Gasteiger partial charge on any atom is 0.146 e. The van der Waals surface area contributed by atoms with E-state index in [0.717, 1.165) is 29.7 Å². The van der Waals surface area contributed by atoms with Gasteiger partial charge in [0.1, 0.15) is 11.6 Å². The highest BCUT2D eigenvalue weighted by Crippen LogP contribution is 2.30. The standard InChI is InChI=1S/C16H21ClFN3/c1-10-5-4-6-11(2)20(10)21-15-9-13(18)7-8-14(15)19-16(21)12(3)17/h7-12H,4-6H2,1-3H3. The zero-order valence-electron chi connectivity index (χ0n) is 12.7. The lowest BCUT2D eigenvalue weighted by Crippen LogP contribution is -2.51. The van der Waals surface area contributed by atoms with Crippen molar-refractivity contribution in [3.05, 3.63) is 29.8 Å². The fraction of sp³-hybridized carbons (Fsp3) is 0.562. The molecule has 1 aliphatic rings. The number of halogens is 2. The Morgan fingerprint density at radius 3 is 2.57 bits per heavy atom. The molecule has 0 N–H and O–H groups in total. The molecule has 1 fully saturated rings. The van der Waals surface area contributed by atoms with Crippen LogP contribution in [0.15, 0.2) is 18.2 Å². The van der Waals surface area contributed by atoms with E-state index in [9.17, 15) is 4.39 Å². The molecule has 0 aliphatic carbocycles. The summed E-state index contributed by atoms with van der Waals surface area (Å²) in [6, 6.07) is 5.51. The summed E-state index contributed by atoms with van der Waals surface area (Å²) in [5.74, 6) is 0.549. The molecule has 3 atom stereocenters. The number of alkyl halides is 1. The molecule has 3 nitrogen and oxygen atoms in total. The van der Waals surface area contributed by atoms with Gasteiger partial charge in [0, 0.05) is 18.2 Å². The SMILES string of the molecule is CC(Cl)c1nc2ccc(F)cc2n1N1C(C)CCCC1C. The molecule has 2 aromatic rings. The minimum atomic E-state index is -0.241. The Morgan fingerprint density at radius 2 is 1.95 bits per heavy atom. The third-order valence-electron chi connectivity index (χ3n) is 4.35. The van der Waals surface area contributed by atoms with Crippen molar-refractivity contribution in [3.8, 4) is 0 Å². The van der Waals surface area contributed by atoms with Gasteiger partial charge in [0.25, 0.3) is 0 Å². The van der Waals surface area contributed by atoms with Gasteiger partial charge in [0.2, 0.25) is 0 Å². The maximum atomic E-state index is 13.7. The predicted octanol–water partition coefficient (Wildman–Crippen LogP) is 4.37. The van der Waals surface area contributed by atoms with E-state index in [1.165, 1.54) is 12.5 Å². The van der Waals surface area contributed by atoms with Crippen LogP contribution >= 0.6 is 11.6 Å². The number of benzene rings is 1. The number of imidazole rings is 1. The number of fused-ring (bicyclic) bond motifs is 1. The van der Waals surface area contributed by atoms with Gasteiger partial charge in [-0.2, -0.15) is 0 Å². The number of nitrogens with zero attached hydrogens (tertiary/aromatic N) is 3. The fourth-order valence-electron chi connectivity index (χ4n) is 3.36. The second kappa shape index (κ2) is 5.48. The average molecular weight is 310 g/mol. The van der Waals surface area contributed by atoms with Gasteiger partial charge in [-0.1, -0.05) is 0 Å². The second-order valence-corrected chi connectivity index (χ2v) is 6.69. The molecule has 114 valence electrons. The number of rotatable bonds is 2. The first kappa shape index (κ1) is 14.6. The molecule has 0 radical (unpaired) electrons. The van der Waals surface area contributed by atoms with Gasteiger partial charge in [-0.05, 0) is 52.2 Å². The van der Waals surface area contributed by atoms with E-state index < -0.39 is 0 Å². The molecule has 1 aromatic heterocycles. The molecule has 3 rings (SSSR count). The van der Waals surface area contributed by atoms with Gasteiger partial charge in [0.15, 0.2) is 0 Å². The summed E-state index contributed by atoms with van der Waals surface area (Å²) in [7, 11) is 0. The van der Waals surface area contributed by atoms with Gasteiger partial charge in [-0.25, -0.2) is 14.1 Å². The lowest BCUT2D eigenvalue weighted by molar-refractivity contribution is 0.335. The van der Waals surface area contributed by atoms with Crippen molar-refractivity contribution >= 4 is 22.6 Å². The normalized spacial score (nSPS) is 24.5. The van der Waals surface area contributed by atoms with Crippen LogP contribution < -0.4 is 5.01 Å². The van der Waals surface area contributed by atoms with Crippen molar-refractivity contribution < 1.29 is 4.39 Å². The Balaban J connectivity index is 2.22. The largest absolute Gasteiger partial charge is 0.305 e. The summed E-state index contributed by atoms with van der Waals surface area (Å²) in [5, 5.41) is 2.09. The minimum Gasteiger partial charge on any atom is -0.305 e. The van der Waals surface area contributed by atoms with Gasteiger partial charge >= 0.3 is 0 Å². The van der Waals surface area contributed by atoms with E-state index in [2.05, 4.69) is 23.8 Å². The van der Waals surface area contributed by atoms with Crippen molar-refractivity contribution in [2.75, 3.05) is 5.01 Å². The van der Waals surface area contributed by atoms with Crippen LogP contribution in [-0.4, -0.2) is 21.7 Å². The van der Waals surface area contributed by atoms with E-state index in [1.54, 1.807) is 12.1 Å². The lowest BCUT2D eigenvalue weighted by atomic mass is 10.00. The summed E-state index contributed by atoms with van der Waals surface area (Å²) in [5.41, 5.74) is 1.60. The van der Waals surface area contributed by atoms with E-state index in [0.29, 0.717) is 12.1 Å². The lowest BCUT2D eigenvalue weighted by Gasteiger charge is -2.42. The Hall–Kier alpha value is -1.29. The molecule has 0 saturated carbocycles. The molecule has 0 spiro atoms. The minimum absolute atomic E-state index is 0.221. The summed E-state index contributed by atoms with van der Waals surface area (Å²) >= 11 is 6.33. The van der Waals surface area contributed by atoms with Crippen molar-refractivity contribution in [1.29, 1.82) is 0 Å². The highest BCUT2D eigenvalue weighted by molar-refractivity contribution is 6.20. The molecule has 0 amide bonds. The number of hydrogen-bond acceptors (Lipinski definition) is 2. The summed E-state index contributed by atoms with van der Waals surface area (Å²) in [6.45, 7) is 6.34. The second-order valence-electron chi connectivity index (χ2n) is 6.04. The van der Waals surface area contributed by atoms with Crippen molar-refractivity contribution in [3.63, 3.8) is 0 Å². The van der Waals surface area contributed by atoms with Crippen LogP contribution in [0.3, 0.4) is 0 Å². The highest BCUT2D eigenvalue weighted by atomic mass is 35.5. The Bertz CT molecular complexity index is 642. The van der Waals surface area contributed by atoms with Gasteiger partial charge in [-0.3, -0.25) is 0 Å². The Morgan fingerprint density at radius 1 is 1.29 bits per heavy atom. The Kier molecular flexibility index (Phi) is 3.82. The van der Waals surface area contributed by atoms with E-state index in [1.807, 2.05) is 11.6 Å². The smallest absolute Gasteiger partial charge is 0.146 e. The summed E-state index contributed by atoms with van der Waals surface area (Å²) in [4.78, 5) is 4.62. The van der Waals surface area contributed by atoms with Gasteiger partial charge < -0.3 is 5.01 Å². The molecule has 3 unspecified atom stereocenters. The Labute approximate surface area is 129 Å². The van der Waals surface area contributed by atoms with Crippen LogP contribution in [0, 0.1) is 5.82 Å². The average Bonchev–Trinajstić information content (AvgIpc) is 2.78. The third kappa shape index (κ3) is 2.50. The molecule has 1 aliphatic heterocycles. The first-order chi connectivity index (χ1) is 9.99. The molecule has 2 heterocycles. The van der Waals surface area contributed by atoms with E-state index in [-0.39, 0.29) is 11.2 Å². The predicted molar refractivity (Wildman–Crippen MR) is 85.0 cm³/mol. The van der Waals surface area contributed by atoms with Gasteiger partial charge in [0.05, 0.1) is 16.4 Å². The summed E-state index contributed by atoms with van der Waals surface area (Å²) < 4.78 is 15.7. The van der Waals surface area contributed by atoms with Crippen molar-refractivity contribution in [2.24, 2.45) is 0 Å². The number of aromatic nitrogens is 2. The first-order valence-corrected chi connectivity index (χ1v) is 8.03. The van der Waals surface area contributed by atoms with Crippen LogP contribution in [0.2, 0.25) is 0 Å². The highest BCUT2D eigenvalue weighted by Gasteiger charge is 2.29. The molecule has 1 saturated heterocycles. The summed E-state index contributed by atoms with van der Waals surface area (Å²) in [6.07, 6.45) is 3.50. The zero-order chi connectivity index (χ0) is 15.1. The van der Waals surface area contributed by atoms with Crippen LogP contribution in [0.5, 0.6) is 0 Å². The van der Waals surface area contributed by atoms with Crippen LogP contribution in [0.4, 0.5) is 4.39 Å². The molecule has 1 aromatic carbocycles. The number of hydrogen-bond donors (Lipinski definition) is 0. The molecule has 0 bridgehead atoms. The van der Waals surface area contributed by atoms with Crippen molar-refractivity contribution in [1.82, 2.24) is 9.66 Å². The quantitative estimate of drug-likeness (QED) is 0.768.